The Morgan fingerprint density at radius 1 is 0.821 bits per heavy atom. The molecular weight excluding hydrogens is 603 g/mol. The molecule has 0 unspecified atom stereocenters. The van der Waals surface area contributed by atoms with Crippen molar-refractivity contribution in [3.63, 3.8) is 0 Å². The average molecular weight is 649 g/mol. The molecule has 7 nitrogen and oxygen atoms in total. The van der Waals surface area contributed by atoms with Crippen molar-refractivity contribution in [1.29, 1.82) is 0 Å². The number of rotatable bonds is 7. The molecule has 0 saturated heterocycles. The summed E-state index contributed by atoms with van der Waals surface area (Å²) in [5.74, 6) is 0. The Labute approximate surface area is 248 Å². The van der Waals surface area contributed by atoms with Crippen LogP contribution in [-0.2, 0) is 40.4 Å². The predicted molar refractivity (Wildman–Crippen MR) is 146 cm³/mol. The van der Waals surface area contributed by atoms with Crippen LogP contribution >= 0.6 is 8.38 Å². The van der Waals surface area contributed by atoms with Crippen molar-refractivity contribution in [3.05, 3.63) is 58.3 Å². The molecule has 0 spiro atoms. The summed E-state index contributed by atoms with van der Waals surface area (Å²) in [5.41, 5.74) is -5.65. The Morgan fingerprint density at radius 2 is 1.05 bits per heavy atom. The number of methoxy groups -OCH3 is 1. The zero-order chi connectivity index (χ0) is 29.5. The van der Waals surface area contributed by atoms with Gasteiger partial charge in [0, 0.05) is 13.7 Å². The second kappa shape index (κ2) is 34.7. The first-order valence-corrected chi connectivity index (χ1v) is 15.3. The molecule has 0 aromatic rings. The third-order valence-corrected chi connectivity index (χ3v) is 6.02. The summed E-state index contributed by atoms with van der Waals surface area (Å²) >= 11 is 0. The van der Waals surface area contributed by atoms with Gasteiger partial charge >= 0.3 is 22.0 Å². The Bertz CT molecular complexity index is 480. The van der Waals surface area contributed by atoms with Crippen LogP contribution in [0.1, 0.15) is 71.6 Å². The number of aliphatic hydroxyl groups is 1. The Hall–Kier alpha value is 0.464. The van der Waals surface area contributed by atoms with E-state index in [0.29, 0.717) is 26.0 Å². The zero-order valence-electron chi connectivity index (χ0n) is 23.2. The van der Waals surface area contributed by atoms with Gasteiger partial charge in [-0.15, -0.1) is 0 Å². The van der Waals surface area contributed by atoms with E-state index in [4.69, 9.17) is 31.9 Å². The third kappa shape index (κ3) is 40.7. The fraction of sp³-hybridized carbons (Fsp3) is 0.654. The molecule has 13 heteroatoms. The number of aliphatic hydroxyl groups excluding tert-OH is 1. The van der Waals surface area contributed by atoms with Crippen LogP contribution in [0.5, 0.6) is 0 Å². The van der Waals surface area contributed by atoms with Gasteiger partial charge in [-0.05, 0) is 117 Å². The monoisotopic (exact) mass is 648 g/mol. The Morgan fingerprint density at radius 3 is 1.18 bits per heavy atom. The summed E-state index contributed by atoms with van der Waals surface area (Å²) in [7, 11) is -5.23. The van der Waals surface area contributed by atoms with Crippen molar-refractivity contribution in [1.82, 2.24) is 0 Å². The van der Waals surface area contributed by atoms with Crippen LogP contribution < -0.4 is 0 Å². The van der Waals surface area contributed by atoms with E-state index < -0.39 is 24.0 Å². The normalized spacial score (nSPS) is 16.3. The Kier molecular flexibility index (Phi) is 41.3. The topological polar surface area (TPSA) is 105 Å². The van der Waals surface area contributed by atoms with E-state index in [-0.39, 0.29) is 23.1 Å². The molecule has 2 aliphatic rings. The number of ether oxygens (including phenoxy) is 1. The Balaban J connectivity index is -0.000000199. The number of halogens is 3. The maximum atomic E-state index is 10.7. The summed E-state index contributed by atoms with van der Waals surface area (Å²) < 4.78 is 74.3. The third-order valence-electron chi connectivity index (χ3n) is 3.89. The molecule has 2 rings (SSSR count). The molecule has 0 amide bonds. The van der Waals surface area contributed by atoms with E-state index in [2.05, 4.69) is 58.3 Å². The van der Waals surface area contributed by atoms with Crippen molar-refractivity contribution in [2.45, 2.75) is 77.1 Å². The second-order valence-electron chi connectivity index (χ2n) is 7.26. The number of hydrogen-bond donors (Lipinski definition) is 1. The van der Waals surface area contributed by atoms with Crippen molar-refractivity contribution in [3.8, 4) is 0 Å². The maximum Gasteiger partial charge on any atom is 2.00 e. The maximum absolute atomic E-state index is 10.7. The smallest absolute Gasteiger partial charge is 0.741 e. The second-order valence-corrected chi connectivity index (χ2v) is 10.1. The van der Waals surface area contributed by atoms with Gasteiger partial charge in [0.15, 0.2) is 18.5 Å². The van der Waals surface area contributed by atoms with Gasteiger partial charge in [0.25, 0.3) is 0 Å². The van der Waals surface area contributed by atoms with E-state index >= 15 is 0 Å². The van der Waals surface area contributed by atoms with Gasteiger partial charge in [-0.1, -0.05) is 0 Å². The fourth-order valence-electron chi connectivity index (χ4n) is 2.22. The summed E-state index contributed by atoms with van der Waals surface area (Å²) in [6.07, 6.45) is 29.2. The van der Waals surface area contributed by atoms with Gasteiger partial charge in [-0.25, -0.2) is 8.42 Å². The van der Waals surface area contributed by atoms with Crippen molar-refractivity contribution < 1.29 is 61.5 Å². The van der Waals surface area contributed by atoms with Gasteiger partial charge < -0.3 is 30.4 Å². The average Bonchev–Trinajstić information content (AvgIpc) is 2.79. The minimum atomic E-state index is -6.09. The van der Waals surface area contributed by atoms with Crippen LogP contribution in [0, 0.1) is 58.3 Å². The fourth-order valence-corrected chi connectivity index (χ4v) is 3.23. The first kappa shape index (κ1) is 46.4. The van der Waals surface area contributed by atoms with Crippen LogP contribution in [0.25, 0.3) is 0 Å². The van der Waals surface area contributed by atoms with Crippen LogP contribution in [0.4, 0.5) is 13.2 Å². The van der Waals surface area contributed by atoms with E-state index in [1.807, 2.05) is 13.8 Å². The quantitative estimate of drug-likeness (QED) is 0.104. The van der Waals surface area contributed by atoms with Crippen LogP contribution in [-0.4, -0.2) is 56.9 Å². The molecular formula is C26H46F3NiO7PS. The molecule has 2 aliphatic carbocycles. The molecule has 0 atom stereocenters. The van der Waals surface area contributed by atoms with Crippen molar-refractivity contribution >= 4 is 18.5 Å². The molecule has 0 aliphatic heterocycles. The largest absolute Gasteiger partial charge is 2.00 e. The molecule has 39 heavy (non-hydrogen) atoms. The summed E-state index contributed by atoms with van der Waals surface area (Å²) in [6.45, 7) is 8.84. The SMILES string of the molecule is CCOP(COC)OCC.O=S(=O)([O-])C(F)(F)F.[CH2-]CCO.[CH]1[CH]CC[CH][CH]CC1.[CH]1[CH]CC[CH][CH]CC1.[Ni+2]. The number of hydrogen-bond acceptors (Lipinski definition) is 7. The van der Waals surface area contributed by atoms with E-state index in [9.17, 15) is 13.2 Å². The molecule has 8 radical (unpaired) electrons. The predicted octanol–water partition coefficient (Wildman–Crippen LogP) is 6.98. The zero-order valence-corrected chi connectivity index (χ0v) is 25.9. The van der Waals surface area contributed by atoms with Crippen molar-refractivity contribution in [2.75, 3.05) is 33.3 Å². The van der Waals surface area contributed by atoms with Crippen LogP contribution in [0.3, 0.4) is 0 Å². The summed E-state index contributed by atoms with van der Waals surface area (Å²) in [5, 5.41) is 7.81. The molecule has 2 saturated carbocycles. The van der Waals surface area contributed by atoms with Crippen LogP contribution in [0.15, 0.2) is 0 Å². The van der Waals surface area contributed by atoms with E-state index in [1.54, 1.807) is 7.11 Å². The van der Waals surface area contributed by atoms with E-state index in [1.165, 1.54) is 51.4 Å². The molecule has 0 aromatic carbocycles. The summed E-state index contributed by atoms with van der Waals surface area (Å²) in [6, 6.07) is 0. The standard InChI is InChI=1S/2C8H12.C6H15O3P.C3H7O.CHF3O3S.Ni/c2*1-2-4-6-8-7-5-3-1;1-4-8-10(6-7-3)9-5-2;1-2-3-4;2-1(3,4)8(5,6)7;/h2*1-2,7-8H,3-6H2;4-6H2,1-3H3;4H,1-3H2;(H,5,6,7);/q;;;-1;;+2/p-1. The number of alkyl halides is 3. The van der Waals surface area contributed by atoms with Gasteiger partial charge in [0.1, 0.15) is 6.35 Å². The van der Waals surface area contributed by atoms with Gasteiger partial charge in [-0.3, -0.25) is 0 Å². The van der Waals surface area contributed by atoms with Gasteiger partial charge in [0.05, 0.1) is 13.2 Å². The molecule has 1 N–H and O–H groups in total. The summed E-state index contributed by atoms with van der Waals surface area (Å²) in [4.78, 5) is 0. The first-order chi connectivity index (χ1) is 18.0. The van der Waals surface area contributed by atoms with Crippen LogP contribution in [0.2, 0.25) is 0 Å². The molecule has 0 aromatic heterocycles. The minimum absolute atomic E-state index is 0. The molecule has 0 heterocycles. The molecule has 234 valence electrons. The molecule has 2 fully saturated rings. The van der Waals surface area contributed by atoms with E-state index in [0.717, 1.165) is 0 Å². The molecule has 0 bridgehead atoms. The first-order valence-electron chi connectivity index (χ1n) is 12.6. The van der Waals surface area contributed by atoms with Gasteiger partial charge in [0.2, 0.25) is 0 Å². The minimum Gasteiger partial charge on any atom is -0.741 e. The van der Waals surface area contributed by atoms with Gasteiger partial charge in [-0.2, -0.15) is 19.6 Å². The van der Waals surface area contributed by atoms with Crippen molar-refractivity contribution in [2.24, 2.45) is 0 Å².